The summed E-state index contributed by atoms with van der Waals surface area (Å²) in [5.74, 6) is 0. The Hall–Kier alpha value is -2.24. The minimum Gasteiger partial charge on any atom is -0.411 e. The zero-order valence-corrected chi connectivity index (χ0v) is 13.9. The van der Waals surface area contributed by atoms with E-state index >= 15 is 0 Å². The fourth-order valence-corrected chi connectivity index (χ4v) is 3.47. The minimum absolute atomic E-state index is 0.673. The van der Waals surface area contributed by atoms with Crippen molar-refractivity contribution >= 4 is 29.6 Å². The van der Waals surface area contributed by atoms with Crippen LogP contribution in [0.5, 0.6) is 0 Å². The minimum atomic E-state index is 0.673. The van der Waals surface area contributed by atoms with Crippen molar-refractivity contribution in [1.29, 1.82) is 0 Å². The number of oxime groups is 1. The molecule has 0 amide bonds. The van der Waals surface area contributed by atoms with Crippen LogP contribution in [0.3, 0.4) is 0 Å². The Kier molecular flexibility index (Phi) is 4.69. The second kappa shape index (κ2) is 6.89. The first-order valence-corrected chi connectivity index (χ1v) is 8.12. The highest BCUT2D eigenvalue weighted by molar-refractivity contribution is 7.99. The van der Waals surface area contributed by atoms with E-state index in [0.29, 0.717) is 5.02 Å². The molecule has 0 fully saturated rings. The number of rotatable bonds is 4. The van der Waals surface area contributed by atoms with Gasteiger partial charge in [-0.25, -0.2) is 0 Å². The first-order valence-electron chi connectivity index (χ1n) is 6.93. The molecule has 1 aromatic heterocycles. The summed E-state index contributed by atoms with van der Waals surface area (Å²) in [6.07, 6.45) is 1.41. The predicted molar refractivity (Wildman–Crippen MR) is 93.6 cm³/mol. The van der Waals surface area contributed by atoms with E-state index in [1.54, 1.807) is 4.68 Å². The smallest absolute Gasteiger partial charge is 0.108 e. The Balaban J connectivity index is 2.10. The number of benzene rings is 2. The van der Waals surface area contributed by atoms with Crippen molar-refractivity contribution in [2.75, 3.05) is 0 Å². The normalized spacial score (nSPS) is 11.2. The van der Waals surface area contributed by atoms with Gasteiger partial charge in [0.15, 0.2) is 0 Å². The quantitative estimate of drug-likeness (QED) is 0.424. The summed E-state index contributed by atoms with van der Waals surface area (Å²) in [4.78, 5) is 0.921. The van der Waals surface area contributed by atoms with Gasteiger partial charge in [-0.3, -0.25) is 4.68 Å². The lowest BCUT2D eigenvalue weighted by atomic mass is 10.1. The fraction of sp³-hybridized carbons (Fsp3) is 0.0588. The van der Waals surface area contributed by atoms with Gasteiger partial charge in [0.2, 0.25) is 0 Å². The second-order valence-electron chi connectivity index (χ2n) is 4.83. The molecular weight excluding hydrogens is 330 g/mol. The Morgan fingerprint density at radius 3 is 2.52 bits per heavy atom. The molecule has 0 spiro atoms. The highest BCUT2D eigenvalue weighted by atomic mass is 35.5. The Morgan fingerprint density at radius 2 is 1.83 bits per heavy atom. The van der Waals surface area contributed by atoms with Crippen molar-refractivity contribution in [3.8, 4) is 11.3 Å². The van der Waals surface area contributed by atoms with E-state index < -0.39 is 0 Å². The third-order valence-electron chi connectivity index (χ3n) is 3.31. The summed E-state index contributed by atoms with van der Waals surface area (Å²) in [6.45, 7) is 0. The van der Waals surface area contributed by atoms with Crippen molar-refractivity contribution in [3.05, 3.63) is 65.2 Å². The molecule has 0 aliphatic heterocycles. The van der Waals surface area contributed by atoms with Crippen molar-refractivity contribution in [3.63, 3.8) is 0 Å². The van der Waals surface area contributed by atoms with E-state index in [2.05, 4.69) is 10.3 Å². The lowest BCUT2D eigenvalue weighted by Gasteiger charge is -2.05. The maximum Gasteiger partial charge on any atom is 0.108 e. The highest BCUT2D eigenvalue weighted by Gasteiger charge is 2.18. The molecule has 0 unspecified atom stereocenters. The second-order valence-corrected chi connectivity index (χ2v) is 6.27. The maximum atomic E-state index is 9.04. The Labute approximate surface area is 143 Å². The van der Waals surface area contributed by atoms with E-state index in [-0.39, 0.29) is 0 Å². The van der Waals surface area contributed by atoms with Crippen LogP contribution in [-0.2, 0) is 7.05 Å². The molecule has 4 nitrogen and oxygen atoms in total. The first kappa shape index (κ1) is 15.6. The zero-order chi connectivity index (χ0) is 16.2. The number of nitrogens with zero attached hydrogens (tertiary/aromatic N) is 3. The van der Waals surface area contributed by atoms with E-state index in [0.717, 1.165) is 26.7 Å². The molecule has 0 saturated heterocycles. The van der Waals surface area contributed by atoms with E-state index in [4.69, 9.17) is 16.8 Å². The van der Waals surface area contributed by atoms with Gasteiger partial charge in [0.1, 0.15) is 10.7 Å². The molecule has 0 radical (unpaired) electrons. The van der Waals surface area contributed by atoms with Gasteiger partial charge >= 0.3 is 0 Å². The zero-order valence-electron chi connectivity index (χ0n) is 12.3. The van der Waals surface area contributed by atoms with E-state index in [9.17, 15) is 0 Å². The number of halogens is 1. The number of aromatic nitrogens is 2. The van der Waals surface area contributed by atoms with Crippen LogP contribution in [0.2, 0.25) is 5.02 Å². The monoisotopic (exact) mass is 343 g/mol. The van der Waals surface area contributed by atoms with Crippen molar-refractivity contribution in [1.82, 2.24) is 9.78 Å². The lowest BCUT2D eigenvalue weighted by Crippen LogP contribution is -1.93. The molecule has 0 saturated carbocycles. The summed E-state index contributed by atoms with van der Waals surface area (Å²) in [7, 11) is 1.86. The van der Waals surface area contributed by atoms with Crippen LogP contribution in [0.4, 0.5) is 0 Å². The van der Waals surface area contributed by atoms with Gasteiger partial charge in [-0.2, -0.15) is 5.10 Å². The molecule has 0 atom stereocenters. The molecule has 1 N–H and O–H groups in total. The van der Waals surface area contributed by atoms with Gasteiger partial charge in [-0.05, 0) is 12.1 Å². The molecule has 3 rings (SSSR count). The molecule has 3 aromatic rings. The van der Waals surface area contributed by atoms with Crippen LogP contribution in [0, 0.1) is 0 Å². The molecule has 2 aromatic carbocycles. The van der Waals surface area contributed by atoms with Crippen LogP contribution < -0.4 is 0 Å². The molecule has 6 heteroatoms. The van der Waals surface area contributed by atoms with Gasteiger partial charge in [0, 0.05) is 17.5 Å². The number of hydrogen-bond donors (Lipinski definition) is 1. The van der Waals surface area contributed by atoms with E-state index in [1.807, 2.05) is 61.6 Å². The summed E-state index contributed by atoms with van der Waals surface area (Å²) >= 11 is 7.74. The molecule has 1 heterocycles. The van der Waals surface area contributed by atoms with Crippen LogP contribution in [-0.4, -0.2) is 21.2 Å². The van der Waals surface area contributed by atoms with Crippen LogP contribution in [0.1, 0.15) is 5.56 Å². The number of hydrogen-bond acceptors (Lipinski definition) is 4. The summed E-state index contributed by atoms with van der Waals surface area (Å²) in [5.41, 5.74) is 2.48. The van der Waals surface area contributed by atoms with Crippen LogP contribution in [0.15, 0.2) is 69.7 Å². The maximum absolute atomic E-state index is 9.04. The van der Waals surface area contributed by atoms with Gasteiger partial charge in [-0.15, -0.1) is 0 Å². The molecule has 0 aliphatic carbocycles. The van der Waals surface area contributed by atoms with Crippen molar-refractivity contribution in [2.24, 2.45) is 12.2 Å². The molecule has 0 bridgehead atoms. The van der Waals surface area contributed by atoms with Crippen molar-refractivity contribution in [2.45, 2.75) is 9.92 Å². The van der Waals surface area contributed by atoms with Crippen LogP contribution >= 0.6 is 23.4 Å². The third kappa shape index (κ3) is 3.25. The Morgan fingerprint density at radius 1 is 1.13 bits per heavy atom. The topological polar surface area (TPSA) is 50.4 Å². The fourth-order valence-electron chi connectivity index (χ4n) is 2.26. The first-order chi connectivity index (χ1) is 11.2. The van der Waals surface area contributed by atoms with Gasteiger partial charge in [0.25, 0.3) is 0 Å². The molecule has 23 heavy (non-hydrogen) atoms. The number of aryl methyl sites for hydroxylation is 1. The van der Waals surface area contributed by atoms with E-state index in [1.165, 1.54) is 18.0 Å². The lowest BCUT2D eigenvalue weighted by molar-refractivity contribution is 0.321. The average molecular weight is 344 g/mol. The standard InChI is InChI=1S/C17H14ClN3OS/c1-21-17(23-15-10-6-5-9-14(15)18)13(11-19-22)16(20-21)12-7-3-2-4-8-12/h2-11,22H,1H3/b19-11-. The van der Waals surface area contributed by atoms with Gasteiger partial charge in [0.05, 0.1) is 16.8 Å². The SMILES string of the molecule is Cn1nc(-c2ccccc2)c(/C=N\O)c1Sc1ccccc1Cl. The molecular formula is C17H14ClN3OS. The summed E-state index contributed by atoms with van der Waals surface area (Å²) in [5, 5.41) is 18.4. The van der Waals surface area contributed by atoms with Crippen molar-refractivity contribution < 1.29 is 5.21 Å². The summed E-state index contributed by atoms with van der Waals surface area (Å²) in [6, 6.07) is 17.4. The summed E-state index contributed by atoms with van der Waals surface area (Å²) < 4.78 is 1.77. The molecule has 116 valence electrons. The third-order valence-corrected chi connectivity index (χ3v) is 5.00. The highest BCUT2D eigenvalue weighted by Crippen LogP contribution is 2.37. The van der Waals surface area contributed by atoms with Gasteiger partial charge < -0.3 is 5.21 Å². The average Bonchev–Trinajstić information content (AvgIpc) is 2.87. The predicted octanol–water partition coefficient (Wildman–Crippen LogP) is 4.70. The van der Waals surface area contributed by atoms with Crippen LogP contribution in [0.25, 0.3) is 11.3 Å². The van der Waals surface area contributed by atoms with Gasteiger partial charge in [-0.1, -0.05) is 71.0 Å². The molecule has 0 aliphatic rings. The Bertz CT molecular complexity index is 846. The largest absolute Gasteiger partial charge is 0.411 e.